The third-order valence-corrected chi connectivity index (χ3v) is 3.19. The first-order valence-electron chi connectivity index (χ1n) is 5.74. The Hall–Kier alpha value is -1.22. The molecule has 0 bridgehead atoms. The maximum atomic E-state index is 4.22. The molecule has 2 aromatic rings. The zero-order valence-corrected chi connectivity index (χ0v) is 11.6. The Labute approximate surface area is 110 Å². The Kier molecular flexibility index (Phi) is 3.89. The zero-order chi connectivity index (χ0) is 12.3. The second kappa shape index (κ2) is 5.41. The summed E-state index contributed by atoms with van der Waals surface area (Å²) >= 11 is 3.46. The molecule has 2 rings (SSSR count). The number of benzene rings is 1. The smallest absolute Gasteiger partial charge is 0.132 e. The van der Waals surface area contributed by atoms with Crippen molar-refractivity contribution >= 4 is 15.9 Å². The fourth-order valence-electron chi connectivity index (χ4n) is 1.75. The van der Waals surface area contributed by atoms with Crippen LogP contribution in [0.3, 0.4) is 0 Å². The van der Waals surface area contributed by atoms with E-state index < -0.39 is 0 Å². The van der Waals surface area contributed by atoms with Crippen LogP contribution in [0.15, 0.2) is 41.0 Å². The van der Waals surface area contributed by atoms with Gasteiger partial charge in [0.2, 0.25) is 0 Å². The van der Waals surface area contributed by atoms with Crippen molar-refractivity contribution in [3.8, 4) is 11.3 Å². The Morgan fingerprint density at radius 1 is 1.12 bits per heavy atom. The van der Waals surface area contributed by atoms with Crippen LogP contribution < -0.4 is 0 Å². The number of hydrogen-bond acceptors (Lipinski definition) is 2. The van der Waals surface area contributed by atoms with Crippen LogP contribution in [0.4, 0.5) is 0 Å². The molecule has 0 saturated carbocycles. The highest BCUT2D eigenvalue weighted by molar-refractivity contribution is 9.10. The molecule has 0 radical (unpaired) electrons. The molecule has 0 saturated heterocycles. The monoisotopic (exact) mass is 290 g/mol. The lowest BCUT2D eigenvalue weighted by molar-refractivity contribution is 0.641. The summed E-state index contributed by atoms with van der Waals surface area (Å²) in [6.45, 7) is 4.41. The molecular formula is C14H15BrN2. The number of aromatic nitrogens is 2. The zero-order valence-electron chi connectivity index (χ0n) is 10.0. The summed E-state index contributed by atoms with van der Waals surface area (Å²) in [7, 11) is 0. The van der Waals surface area contributed by atoms with Gasteiger partial charge in [-0.3, -0.25) is 0 Å². The van der Waals surface area contributed by atoms with Crippen molar-refractivity contribution in [3.63, 3.8) is 0 Å². The minimum Gasteiger partial charge on any atom is -0.149 e. The molecule has 17 heavy (non-hydrogen) atoms. The van der Waals surface area contributed by atoms with E-state index in [1.54, 1.807) is 0 Å². The first kappa shape index (κ1) is 12.2. The molecule has 0 amide bonds. The molecule has 2 nitrogen and oxygen atoms in total. The quantitative estimate of drug-likeness (QED) is 0.850. The number of halogens is 1. The molecule has 3 heteroatoms. The van der Waals surface area contributed by atoms with E-state index in [-0.39, 0.29) is 0 Å². The van der Waals surface area contributed by atoms with Gasteiger partial charge < -0.3 is 0 Å². The van der Waals surface area contributed by atoms with Gasteiger partial charge in [-0.1, -0.05) is 44.2 Å². The van der Waals surface area contributed by atoms with E-state index >= 15 is 0 Å². The molecule has 0 spiro atoms. The number of hydrogen-bond donors (Lipinski definition) is 0. The molecule has 1 aromatic heterocycles. The Morgan fingerprint density at radius 2 is 1.82 bits per heavy atom. The van der Waals surface area contributed by atoms with Crippen LogP contribution >= 0.6 is 15.9 Å². The highest BCUT2D eigenvalue weighted by atomic mass is 79.9. The summed E-state index contributed by atoms with van der Waals surface area (Å²) in [6, 6.07) is 12.3. The van der Waals surface area contributed by atoms with Crippen molar-refractivity contribution in [2.75, 3.05) is 0 Å². The first-order chi connectivity index (χ1) is 8.16. The summed E-state index contributed by atoms with van der Waals surface area (Å²) in [5.74, 6) is 0.610. The van der Waals surface area contributed by atoms with Gasteiger partial charge in [0.15, 0.2) is 0 Å². The molecule has 0 unspecified atom stereocenters. The van der Waals surface area contributed by atoms with Crippen LogP contribution in [-0.2, 0) is 6.42 Å². The van der Waals surface area contributed by atoms with Gasteiger partial charge in [0.05, 0.1) is 5.69 Å². The van der Waals surface area contributed by atoms with Gasteiger partial charge in [-0.05, 0) is 39.9 Å². The topological polar surface area (TPSA) is 25.8 Å². The average Bonchev–Trinajstić information content (AvgIpc) is 2.32. The predicted molar refractivity (Wildman–Crippen MR) is 73.7 cm³/mol. The predicted octanol–water partition coefficient (Wildman–Crippen LogP) is 4.10. The molecule has 0 aliphatic heterocycles. The Morgan fingerprint density at radius 3 is 2.47 bits per heavy atom. The van der Waals surface area contributed by atoms with Crippen molar-refractivity contribution in [2.45, 2.75) is 20.3 Å². The van der Waals surface area contributed by atoms with Crippen molar-refractivity contribution < 1.29 is 0 Å². The van der Waals surface area contributed by atoms with E-state index in [0.717, 1.165) is 22.3 Å². The highest BCUT2D eigenvalue weighted by Gasteiger charge is 2.08. The van der Waals surface area contributed by atoms with E-state index in [4.69, 9.17) is 0 Å². The second-order valence-electron chi connectivity index (χ2n) is 4.51. The highest BCUT2D eigenvalue weighted by Crippen LogP contribution is 2.22. The van der Waals surface area contributed by atoms with Crippen LogP contribution in [0.2, 0.25) is 0 Å². The van der Waals surface area contributed by atoms with Gasteiger partial charge in [-0.15, -0.1) is 10.2 Å². The third-order valence-electron chi connectivity index (χ3n) is 2.52. The van der Waals surface area contributed by atoms with Gasteiger partial charge in [0.25, 0.3) is 0 Å². The van der Waals surface area contributed by atoms with Crippen LogP contribution in [0, 0.1) is 5.92 Å². The largest absolute Gasteiger partial charge is 0.149 e. The molecular weight excluding hydrogens is 276 g/mol. The molecule has 1 aromatic carbocycles. The fraction of sp³-hybridized carbons (Fsp3) is 0.286. The lowest BCUT2D eigenvalue weighted by atomic mass is 10.0. The maximum Gasteiger partial charge on any atom is 0.132 e. The summed E-state index contributed by atoms with van der Waals surface area (Å²) in [5.41, 5.74) is 3.26. The average molecular weight is 291 g/mol. The molecule has 0 aliphatic rings. The van der Waals surface area contributed by atoms with Gasteiger partial charge in [0.1, 0.15) is 4.60 Å². The van der Waals surface area contributed by atoms with Crippen molar-refractivity contribution in [1.29, 1.82) is 0 Å². The minimum atomic E-state index is 0.610. The molecule has 1 heterocycles. The Bertz CT molecular complexity index is 495. The lowest BCUT2D eigenvalue weighted by Crippen LogP contribution is -1.99. The van der Waals surface area contributed by atoms with Crippen molar-refractivity contribution in [1.82, 2.24) is 10.2 Å². The van der Waals surface area contributed by atoms with Gasteiger partial charge in [-0.2, -0.15) is 0 Å². The lowest BCUT2D eigenvalue weighted by Gasteiger charge is -2.08. The molecule has 0 N–H and O–H groups in total. The van der Waals surface area contributed by atoms with E-state index in [2.05, 4.69) is 58.2 Å². The second-order valence-corrected chi connectivity index (χ2v) is 5.26. The number of rotatable bonds is 3. The van der Waals surface area contributed by atoms with Crippen LogP contribution in [0.25, 0.3) is 11.3 Å². The number of nitrogens with zero attached hydrogens (tertiary/aromatic N) is 2. The third kappa shape index (κ3) is 3.13. The van der Waals surface area contributed by atoms with E-state index in [1.807, 2.05) is 18.2 Å². The summed E-state index contributed by atoms with van der Waals surface area (Å²) < 4.78 is 0.853. The van der Waals surface area contributed by atoms with Gasteiger partial charge in [-0.25, -0.2) is 0 Å². The Balaban J connectivity index is 2.37. The minimum absolute atomic E-state index is 0.610. The molecule has 88 valence electrons. The molecule has 0 aliphatic carbocycles. The summed E-state index contributed by atoms with van der Waals surface area (Å²) in [5, 5.41) is 8.39. The van der Waals surface area contributed by atoms with Gasteiger partial charge >= 0.3 is 0 Å². The van der Waals surface area contributed by atoms with E-state index in [1.165, 1.54) is 5.56 Å². The summed E-state index contributed by atoms with van der Waals surface area (Å²) in [6.07, 6.45) is 1.01. The van der Waals surface area contributed by atoms with Crippen molar-refractivity contribution in [2.24, 2.45) is 5.92 Å². The standard InChI is InChI=1S/C14H15BrN2/c1-10(2)8-12-9-13(16-17-14(12)15)11-6-4-3-5-7-11/h3-7,9-10H,8H2,1-2H3. The normalized spacial score (nSPS) is 10.8. The van der Waals surface area contributed by atoms with Gasteiger partial charge in [0, 0.05) is 5.56 Å². The van der Waals surface area contributed by atoms with Crippen LogP contribution in [0.5, 0.6) is 0 Å². The first-order valence-corrected chi connectivity index (χ1v) is 6.53. The molecule has 0 atom stereocenters. The maximum absolute atomic E-state index is 4.22. The van der Waals surface area contributed by atoms with Crippen LogP contribution in [0.1, 0.15) is 19.4 Å². The van der Waals surface area contributed by atoms with E-state index in [9.17, 15) is 0 Å². The van der Waals surface area contributed by atoms with Crippen LogP contribution in [-0.4, -0.2) is 10.2 Å². The molecule has 0 fully saturated rings. The van der Waals surface area contributed by atoms with E-state index in [0.29, 0.717) is 5.92 Å². The SMILES string of the molecule is CC(C)Cc1cc(-c2ccccc2)nnc1Br. The summed E-state index contributed by atoms with van der Waals surface area (Å²) in [4.78, 5) is 0. The van der Waals surface area contributed by atoms with Crippen molar-refractivity contribution in [3.05, 3.63) is 46.6 Å². The fourth-order valence-corrected chi connectivity index (χ4v) is 2.10.